The zero-order chi connectivity index (χ0) is 7.82. The Bertz CT molecular complexity index is 83.3. The van der Waals surface area contributed by atoms with Gasteiger partial charge in [-0.3, -0.25) is 4.79 Å². The molecule has 0 unspecified atom stereocenters. The second kappa shape index (κ2) is 7.13. The number of hydrogen-bond acceptors (Lipinski definition) is 2. The molecule has 0 aromatic carbocycles. The Kier molecular flexibility index (Phi) is 7.15. The highest BCUT2D eigenvalue weighted by molar-refractivity contribution is 7.99. The Labute approximate surface area is 67.6 Å². The number of carbonyl (C=O) groups is 1. The zero-order valence-corrected chi connectivity index (χ0v) is 7.67. The van der Waals surface area contributed by atoms with E-state index in [-0.39, 0.29) is 0 Å². The molecule has 0 amide bonds. The molecule has 2 heteroatoms. The van der Waals surface area contributed by atoms with Gasteiger partial charge in [0.2, 0.25) is 0 Å². The highest BCUT2D eigenvalue weighted by Crippen LogP contribution is 2.12. The minimum Gasteiger partial charge on any atom is -0.300 e. The summed E-state index contributed by atoms with van der Waals surface area (Å²) < 4.78 is 0. The van der Waals surface area contributed by atoms with Crippen LogP contribution in [-0.4, -0.2) is 17.3 Å². The van der Waals surface area contributed by atoms with E-state index in [2.05, 4.69) is 13.8 Å². The summed E-state index contributed by atoms with van der Waals surface area (Å²) in [5.41, 5.74) is 0. The average Bonchev–Trinajstić information content (AvgIpc) is 1.91. The van der Waals surface area contributed by atoms with Gasteiger partial charge in [0.05, 0.1) is 0 Å². The van der Waals surface area contributed by atoms with Gasteiger partial charge in [-0.15, -0.1) is 0 Å². The molecule has 0 saturated carbocycles. The lowest BCUT2D eigenvalue weighted by atomic mass is 10.2. The van der Waals surface area contributed by atoms with Gasteiger partial charge in [0.1, 0.15) is 5.78 Å². The van der Waals surface area contributed by atoms with Crippen LogP contribution in [-0.2, 0) is 4.79 Å². The van der Waals surface area contributed by atoms with Gasteiger partial charge >= 0.3 is 0 Å². The fourth-order valence-electron chi connectivity index (χ4n) is 0.599. The summed E-state index contributed by atoms with van der Waals surface area (Å²) in [6, 6.07) is 0. The van der Waals surface area contributed by atoms with Crippen molar-refractivity contribution >= 4 is 17.5 Å². The van der Waals surface area contributed by atoms with E-state index in [9.17, 15) is 4.79 Å². The van der Waals surface area contributed by atoms with Crippen LogP contribution in [0, 0.1) is 0 Å². The summed E-state index contributed by atoms with van der Waals surface area (Å²) in [6.45, 7) is 4.25. The number of ketones is 1. The van der Waals surface area contributed by atoms with Crippen LogP contribution in [0.4, 0.5) is 0 Å². The monoisotopic (exact) mass is 160 g/mol. The van der Waals surface area contributed by atoms with Gasteiger partial charge in [-0.05, 0) is 0 Å². The Hall–Kier alpha value is 0.0200. The summed E-state index contributed by atoms with van der Waals surface area (Å²) >= 11 is 1.88. The molecule has 1 saturated heterocycles. The van der Waals surface area contributed by atoms with Crippen molar-refractivity contribution in [1.82, 2.24) is 0 Å². The van der Waals surface area contributed by atoms with Crippen LogP contribution >= 0.6 is 11.8 Å². The highest BCUT2D eigenvalue weighted by atomic mass is 32.2. The van der Waals surface area contributed by atoms with Crippen LogP contribution in [0.2, 0.25) is 0 Å². The minimum atomic E-state index is 0.443. The number of hydrogen-bond donors (Lipinski definition) is 0. The Morgan fingerprint density at radius 2 is 1.70 bits per heavy atom. The third-order valence-corrected chi connectivity index (χ3v) is 2.04. The van der Waals surface area contributed by atoms with Gasteiger partial charge in [0.25, 0.3) is 0 Å². The van der Waals surface area contributed by atoms with Crippen molar-refractivity contribution in [3.8, 4) is 0 Å². The van der Waals surface area contributed by atoms with E-state index in [1.807, 2.05) is 11.8 Å². The first-order valence-corrected chi connectivity index (χ1v) is 5.06. The number of rotatable bonds is 0. The molecule has 0 aliphatic carbocycles. The summed E-state index contributed by atoms with van der Waals surface area (Å²) in [5, 5.41) is 0. The van der Waals surface area contributed by atoms with Crippen molar-refractivity contribution in [2.24, 2.45) is 0 Å². The summed E-state index contributed by atoms with van der Waals surface area (Å²) in [6.07, 6.45) is 2.87. The minimum absolute atomic E-state index is 0.443. The fraction of sp³-hybridized carbons (Fsp3) is 0.875. The van der Waals surface area contributed by atoms with E-state index in [1.165, 1.54) is 6.42 Å². The van der Waals surface area contributed by atoms with Crippen LogP contribution in [0.3, 0.4) is 0 Å². The molecule has 1 nitrogen and oxygen atoms in total. The molecule has 60 valence electrons. The quantitative estimate of drug-likeness (QED) is 0.541. The molecule has 0 N–H and O–H groups in total. The molecule has 10 heavy (non-hydrogen) atoms. The van der Waals surface area contributed by atoms with Crippen molar-refractivity contribution in [3.05, 3.63) is 0 Å². The number of carbonyl (C=O) groups excluding carboxylic acids is 1. The van der Waals surface area contributed by atoms with E-state index in [4.69, 9.17) is 0 Å². The molecule has 0 bridgehead atoms. The molecular formula is C8H16OS. The number of thioether (sulfide) groups is 1. The lowest BCUT2D eigenvalue weighted by Crippen LogP contribution is -2.06. The predicted octanol–water partition coefficient (Wildman–Crippen LogP) is 2.50. The maximum Gasteiger partial charge on any atom is 0.134 e. The van der Waals surface area contributed by atoms with Crippen LogP contribution < -0.4 is 0 Å². The molecule has 0 radical (unpaired) electrons. The molecule has 1 heterocycles. The summed E-state index contributed by atoms with van der Waals surface area (Å²) in [4.78, 5) is 10.4. The SMILES string of the molecule is CCC.O=C1CCSCC1. The van der Waals surface area contributed by atoms with Crippen LogP contribution in [0.25, 0.3) is 0 Å². The van der Waals surface area contributed by atoms with Crippen molar-refractivity contribution in [2.45, 2.75) is 33.1 Å². The van der Waals surface area contributed by atoms with E-state index < -0.39 is 0 Å². The molecule has 1 aliphatic rings. The smallest absolute Gasteiger partial charge is 0.134 e. The number of Topliss-reactive ketones (excluding diaryl/α,β-unsaturated/α-hetero) is 1. The summed E-state index contributed by atoms with van der Waals surface area (Å²) in [7, 11) is 0. The van der Waals surface area contributed by atoms with Gasteiger partial charge < -0.3 is 0 Å². The molecule has 0 aromatic heterocycles. The first-order valence-electron chi connectivity index (χ1n) is 3.90. The molecule has 0 spiro atoms. The topological polar surface area (TPSA) is 17.1 Å². The van der Waals surface area contributed by atoms with E-state index in [1.54, 1.807) is 0 Å². The van der Waals surface area contributed by atoms with Gasteiger partial charge in [-0.1, -0.05) is 20.3 Å². The van der Waals surface area contributed by atoms with Gasteiger partial charge in [-0.25, -0.2) is 0 Å². The Morgan fingerprint density at radius 3 is 1.90 bits per heavy atom. The molecule has 0 aromatic rings. The molecule has 1 rings (SSSR count). The third-order valence-electron chi connectivity index (χ3n) is 1.05. The van der Waals surface area contributed by atoms with Crippen molar-refractivity contribution < 1.29 is 4.79 Å². The van der Waals surface area contributed by atoms with Gasteiger partial charge in [0.15, 0.2) is 0 Å². The van der Waals surface area contributed by atoms with E-state index >= 15 is 0 Å². The summed E-state index contributed by atoms with van der Waals surface area (Å²) in [5.74, 6) is 2.55. The van der Waals surface area contributed by atoms with E-state index in [0.717, 1.165) is 24.3 Å². The van der Waals surface area contributed by atoms with Crippen LogP contribution in [0.5, 0.6) is 0 Å². The normalized spacial score (nSPS) is 17.6. The van der Waals surface area contributed by atoms with Crippen LogP contribution in [0.1, 0.15) is 33.1 Å². The first-order chi connectivity index (χ1) is 4.81. The second-order valence-corrected chi connectivity index (χ2v) is 3.58. The van der Waals surface area contributed by atoms with Crippen LogP contribution in [0.15, 0.2) is 0 Å². The molecule has 0 atom stereocenters. The molecule has 1 fully saturated rings. The lowest BCUT2D eigenvalue weighted by molar-refractivity contribution is -0.118. The largest absolute Gasteiger partial charge is 0.300 e. The van der Waals surface area contributed by atoms with Gasteiger partial charge in [-0.2, -0.15) is 11.8 Å². The first kappa shape index (κ1) is 10.0. The van der Waals surface area contributed by atoms with Crippen molar-refractivity contribution in [1.29, 1.82) is 0 Å². The Morgan fingerprint density at radius 1 is 1.30 bits per heavy atom. The highest BCUT2D eigenvalue weighted by Gasteiger charge is 2.06. The van der Waals surface area contributed by atoms with E-state index in [0.29, 0.717) is 5.78 Å². The zero-order valence-electron chi connectivity index (χ0n) is 6.85. The average molecular weight is 160 g/mol. The third kappa shape index (κ3) is 6.14. The predicted molar refractivity (Wildman–Crippen MR) is 47.5 cm³/mol. The Balaban J connectivity index is 0.000000236. The van der Waals surface area contributed by atoms with Crippen molar-refractivity contribution in [2.75, 3.05) is 11.5 Å². The van der Waals surface area contributed by atoms with Gasteiger partial charge in [0, 0.05) is 24.3 Å². The maximum absolute atomic E-state index is 10.4. The standard InChI is InChI=1S/C5H8OS.C3H8/c6-5-1-3-7-4-2-5;1-3-2/h1-4H2;3H2,1-2H3. The van der Waals surface area contributed by atoms with Crippen molar-refractivity contribution in [3.63, 3.8) is 0 Å². The fourth-order valence-corrected chi connectivity index (χ4v) is 1.55. The molecular weight excluding hydrogens is 144 g/mol. The maximum atomic E-state index is 10.4. The lowest BCUT2D eigenvalue weighted by Gasteiger charge is -2.05. The second-order valence-electron chi connectivity index (χ2n) is 2.36. The molecule has 1 aliphatic heterocycles.